The van der Waals surface area contributed by atoms with Crippen molar-refractivity contribution in [3.8, 4) is 17.4 Å². The molecular weight excluding hydrogens is 276 g/mol. The lowest BCUT2D eigenvalue weighted by molar-refractivity contribution is 0.0687. The standard InChI is InChI=1S/C12H10N6O3/c1-17-12(13-15-16-17)21-9-7-18(14-10(9)11(19)20)8-5-3-2-4-6-8/h2-7H,1H3,(H,19,20). The third-order valence-corrected chi connectivity index (χ3v) is 2.69. The second-order valence-electron chi connectivity index (χ2n) is 4.11. The van der Waals surface area contributed by atoms with Crippen LogP contribution in [0.4, 0.5) is 0 Å². The summed E-state index contributed by atoms with van der Waals surface area (Å²) in [7, 11) is 1.58. The van der Waals surface area contributed by atoms with E-state index in [-0.39, 0.29) is 17.5 Å². The van der Waals surface area contributed by atoms with Gasteiger partial charge in [-0.2, -0.15) is 9.78 Å². The Hall–Kier alpha value is -3.23. The van der Waals surface area contributed by atoms with E-state index < -0.39 is 5.97 Å². The Labute approximate surface area is 118 Å². The molecule has 0 spiro atoms. The molecule has 0 aliphatic heterocycles. The topological polar surface area (TPSA) is 108 Å². The van der Waals surface area contributed by atoms with Gasteiger partial charge in [-0.15, -0.1) is 0 Å². The number of aryl methyl sites for hydroxylation is 1. The van der Waals surface area contributed by atoms with E-state index in [2.05, 4.69) is 20.6 Å². The van der Waals surface area contributed by atoms with E-state index in [1.54, 1.807) is 19.2 Å². The van der Waals surface area contributed by atoms with Crippen LogP contribution in [0.5, 0.6) is 11.8 Å². The lowest BCUT2D eigenvalue weighted by Gasteiger charge is -2.00. The van der Waals surface area contributed by atoms with E-state index in [0.717, 1.165) is 0 Å². The number of ether oxygens (including phenoxy) is 1. The van der Waals surface area contributed by atoms with Crippen molar-refractivity contribution in [2.45, 2.75) is 0 Å². The number of tetrazole rings is 1. The lowest BCUT2D eigenvalue weighted by atomic mass is 10.3. The molecule has 0 fully saturated rings. The first-order valence-electron chi connectivity index (χ1n) is 5.94. The normalized spacial score (nSPS) is 10.5. The fraction of sp³-hybridized carbons (Fsp3) is 0.0833. The van der Waals surface area contributed by atoms with E-state index in [9.17, 15) is 9.90 Å². The van der Waals surface area contributed by atoms with Crippen LogP contribution in [0.3, 0.4) is 0 Å². The Morgan fingerprint density at radius 1 is 1.29 bits per heavy atom. The molecule has 9 nitrogen and oxygen atoms in total. The summed E-state index contributed by atoms with van der Waals surface area (Å²) in [5.74, 6) is -1.14. The number of hydrogen-bond acceptors (Lipinski definition) is 6. The SMILES string of the molecule is Cn1nnnc1Oc1cn(-c2ccccc2)nc1C(=O)O. The van der Waals surface area contributed by atoms with Crippen molar-refractivity contribution in [3.05, 3.63) is 42.2 Å². The minimum atomic E-state index is -1.20. The molecule has 0 saturated carbocycles. The average molecular weight is 286 g/mol. The Morgan fingerprint density at radius 2 is 2.05 bits per heavy atom. The van der Waals surface area contributed by atoms with Gasteiger partial charge in [-0.05, 0) is 22.6 Å². The predicted octanol–water partition coefficient (Wildman–Crippen LogP) is 0.886. The molecule has 0 aliphatic carbocycles. The Kier molecular flexibility index (Phi) is 3.07. The molecule has 0 radical (unpaired) electrons. The highest BCUT2D eigenvalue weighted by Crippen LogP contribution is 2.24. The smallest absolute Gasteiger partial charge is 0.360 e. The predicted molar refractivity (Wildman–Crippen MR) is 69.4 cm³/mol. The fourth-order valence-corrected chi connectivity index (χ4v) is 1.70. The molecule has 106 valence electrons. The van der Waals surface area contributed by atoms with Gasteiger partial charge in [-0.1, -0.05) is 23.3 Å². The van der Waals surface area contributed by atoms with Crippen molar-refractivity contribution < 1.29 is 14.6 Å². The maximum atomic E-state index is 11.3. The molecule has 0 amide bonds. The summed E-state index contributed by atoms with van der Waals surface area (Å²) < 4.78 is 8.11. The number of para-hydroxylation sites is 1. The Morgan fingerprint density at radius 3 is 2.67 bits per heavy atom. The first kappa shape index (κ1) is 12.8. The number of nitrogens with zero attached hydrogens (tertiary/aromatic N) is 6. The molecule has 0 unspecified atom stereocenters. The number of benzene rings is 1. The zero-order valence-corrected chi connectivity index (χ0v) is 10.9. The number of aromatic nitrogens is 6. The van der Waals surface area contributed by atoms with Gasteiger partial charge in [-0.3, -0.25) is 0 Å². The molecule has 21 heavy (non-hydrogen) atoms. The zero-order valence-electron chi connectivity index (χ0n) is 10.9. The van der Waals surface area contributed by atoms with E-state index in [4.69, 9.17) is 4.74 Å². The first-order valence-corrected chi connectivity index (χ1v) is 5.94. The molecule has 0 saturated heterocycles. The van der Waals surface area contributed by atoms with Crippen LogP contribution in [-0.4, -0.2) is 41.1 Å². The zero-order chi connectivity index (χ0) is 14.8. The molecule has 0 atom stereocenters. The van der Waals surface area contributed by atoms with Gasteiger partial charge >= 0.3 is 12.0 Å². The van der Waals surface area contributed by atoms with Crippen molar-refractivity contribution in [2.24, 2.45) is 7.05 Å². The molecule has 3 aromatic rings. The summed E-state index contributed by atoms with van der Waals surface area (Å²) in [6.07, 6.45) is 1.47. The monoisotopic (exact) mass is 286 g/mol. The third-order valence-electron chi connectivity index (χ3n) is 2.69. The second-order valence-corrected chi connectivity index (χ2v) is 4.11. The Bertz CT molecular complexity index is 779. The third kappa shape index (κ3) is 2.43. The van der Waals surface area contributed by atoms with Crippen LogP contribution in [0, 0.1) is 0 Å². The number of hydrogen-bond donors (Lipinski definition) is 1. The molecule has 9 heteroatoms. The minimum absolute atomic E-state index is 0.0595. The van der Waals surface area contributed by atoms with Crippen molar-refractivity contribution in [2.75, 3.05) is 0 Å². The van der Waals surface area contributed by atoms with Gasteiger partial charge < -0.3 is 9.84 Å². The number of rotatable bonds is 4. The first-order chi connectivity index (χ1) is 10.1. The van der Waals surface area contributed by atoms with Crippen molar-refractivity contribution >= 4 is 5.97 Å². The summed E-state index contributed by atoms with van der Waals surface area (Å²) in [4.78, 5) is 11.3. The van der Waals surface area contributed by atoms with Crippen LogP contribution in [0.2, 0.25) is 0 Å². The molecule has 1 aromatic carbocycles. The van der Waals surface area contributed by atoms with E-state index >= 15 is 0 Å². The molecule has 2 heterocycles. The largest absolute Gasteiger partial charge is 0.476 e. The van der Waals surface area contributed by atoms with E-state index in [1.165, 1.54) is 15.6 Å². The molecular formula is C12H10N6O3. The van der Waals surface area contributed by atoms with Crippen LogP contribution >= 0.6 is 0 Å². The second kappa shape index (κ2) is 5.04. The quantitative estimate of drug-likeness (QED) is 0.758. The maximum absolute atomic E-state index is 11.3. The van der Waals surface area contributed by atoms with Gasteiger partial charge in [0.15, 0.2) is 5.75 Å². The van der Waals surface area contributed by atoms with Crippen LogP contribution in [0.15, 0.2) is 36.5 Å². The van der Waals surface area contributed by atoms with Gasteiger partial charge in [0.2, 0.25) is 5.69 Å². The molecule has 2 aromatic heterocycles. The summed E-state index contributed by atoms with van der Waals surface area (Å²) in [6, 6.07) is 9.17. The molecule has 0 bridgehead atoms. The lowest BCUT2D eigenvalue weighted by Crippen LogP contribution is -2.03. The van der Waals surface area contributed by atoms with E-state index in [0.29, 0.717) is 5.69 Å². The van der Waals surface area contributed by atoms with Crippen molar-refractivity contribution in [3.63, 3.8) is 0 Å². The van der Waals surface area contributed by atoms with Crippen LogP contribution in [-0.2, 0) is 7.05 Å². The van der Waals surface area contributed by atoms with Gasteiger partial charge in [0.05, 0.1) is 11.9 Å². The summed E-state index contributed by atoms with van der Waals surface area (Å²) in [5.41, 5.74) is 0.493. The average Bonchev–Trinajstić information content (AvgIpc) is 3.08. The highest BCUT2D eigenvalue weighted by molar-refractivity contribution is 5.88. The number of carbonyl (C=O) groups is 1. The highest BCUT2D eigenvalue weighted by atomic mass is 16.5. The molecule has 3 rings (SSSR count). The number of carboxylic acids is 1. The number of aromatic carboxylic acids is 1. The molecule has 1 N–H and O–H groups in total. The van der Waals surface area contributed by atoms with Crippen molar-refractivity contribution in [1.29, 1.82) is 0 Å². The maximum Gasteiger partial charge on any atom is 0.360 e. The van der Waals surface area contributed by atoms with Crippen LogP contribution in [0.1, 0.15) is 10.5 Å². The summed E-state index contributed by atoms with van der Waals surface area (Å²) in [6.45, 7) is 0. The van der Waals surface area contributed by atoms with Crippen LogP contribution < -0.4 is 4.74 Å². The minimum Gasteiger partial charge on any atom is -0.476 e. The number of carboxylic acid groups (broad SMARTS) is 1. The summed E-state index contributed by atoms with van der Waals surface area (Å²) in [5, 5.41) is 23.9. The Balaban J connectivity index is 2.01. The van der Waals surface area contributed by atoms with Gasteiger partial charge in [0, 0.05) is 7.05 Å². The fourth-order valence-electron chi connectivity index (χ4n) is 1.70. The van der Waals surface area contributed by atoms with Crippen molar-refractivity contribution in [1.82, 2.24) is 30.0 Å². The van der Waals surface area contributed by atoms with Gasteiger partial charge in [-0.25, -0.2) is 9.48 Å². The molecule has 0 aliphatic rings. The van der Waals surface area contributed by atoms with Gasteiger partial charge in [0.25, 0.3) is 0 Å². The highest BCUT2D eigenvalue weighted by Gasteiger charge is 2.20. The summed E-state index contributed by atoms with van der Waals surface area (Å²) >= 11 is 0. The van der Waals surface area contributed by atoms with Crippen LogP contribution in [0.25, 0.3) is 5.69 Å². The van der Waals surface area contributed by atoms with E-state index in [1.807, 2.05) is 18.2 Å². The van der Waals surface area contributed by atoms with Gasteiger partial charge in [0.1, 0.15) is 0 Å².